The Labute approximate surface area is 179 Å². The molecule has 0 N–H and O–H groups in total. The van der Waals surface area contributed by atoms with Gasteiger partial charge in [-0.15, -0.1) is 0 Å². The normalized spacial score (nSPS) is 12.7. The smallest absolute Gasteiger partial charge is 0.200 e. The minimum Gasteiger partial charge on any atom is -0.488 e. The highest BCUT2D eigenvalue weighted by Gasteiger charge is 2.17. The van der Waals surface area contributed by atoms with Gasteiger partial charge in [-0.2, -0.15) is 0 Å². The van der Waals surface area contributed by atoms with Crippen molar-refractivity contribution in [2.75, 3.05) is 13.2 Å². The van der Waals surface area contributed by atoms with Crippen LogP contribution in [0.1, 0.15) is 18.1 Å². The van der Waals surface area contributed by atoms with Gasteiger partial charge in [-0.05, 0) is 41.3 Å². The third kappa shape index (κ3) is 3.75. The van der Waals surface area contributed by atoms with Crippen molar-refractivity contribution in [1.29, 1.82) is 0 Å². The highest BCUT2D eigenvalue weighted by molar-refractivity contribution is 5.84. The van der Waals surface area contributed by atoms with Gasteiger partial charge in [0.2, 0.25) is 5.43 Å². The van der Waals surface area contributed by atoms with E-state index in [9.17, 15) is 4.79 Å². The average Bonchev–Trinajstić information content (AvgIpc) is 2.83. The maximum Gasteiger partial charge on any atom is 0.200 e. The zero-order valence-corrected chi connectivity index (χ0v) is 17.2. The summed E-state index contributed by atoms with van der Waals surface area (Å²) in [5, 5.41) is 0.538. The van der Waals surface area contributed by atoms with Gasteiger partial charge in [-0.3, -0.25) is 4.79 Å². The summed E-state index contributed by atoms with van der Waals surface area (Å²) in [4.78, 5) is 13.3. The van der Waals surface area contributed by atoms with E-state index in [2.05, 4.69) is 0 Å². The quantitative estimate of drug-likeness (QED) is 0.439. The molecule has 2 heterocycles. The predicted octanol–water partition coefficient (Wildman–Crippen LogP) is 5.37. The van der Waals surface area contributed by atoms with E-state index < -0.39 is 0 Å². The summed E-state index contributed by atoms with van der Waals surface area (Å²) in [6.07, 6.45) is 2.25. The molecule has 0 fully saturated rings. The van der Waals surface area contributed by atoms with E-state index in [1.165, 1.54) is 6.26 Å². The summed E-state index contributed by atoms with van der Waals surface area (Å²) >= 11 is 0. The molecule has 0 saturated carbocycles. The van der Waals surface area contributed by atoms with Gasteiger partial charge in [-0.1, -0.05) is 43.3 Å². The number of benzene rings is 3. The van der Waals surface area contributed by atoms with Crippen molar-refractivity contribution in [3.63, 3.8) is 0 Å². The van der Waals surface area contributed by atoms with Gasteiger partial charge < -0.3 is 18.6 Å². The topological polar surface area (TPSA) is 57.9 Å². The third-order valence-corrected chi connectivity index (χ3v) is 5.43. The second kappa shape index (κ2) is 8.19. The molecule has 0 saturated heterocycles. The Bertz CT molecular complexity index is 1290. The highest BCUT2D eigenvalue weighted by atomic mass is 16.6. The predicted molar refractivity (Wildman–Crippen MR) is 119 cm³/mol. The van der Waals surface area contributed by atoms with Gasteiger partial charge in [0.05, 0.1) is 10.9 Å². The lowest BCUT2D eigenvalue weighted by Crippen LogP contribution is -2.15. The Morgan fingerprint density at radius 1 is 0.935 bits per heavy atom. The Hall–Kier alpha value is -3.73. The molecule has 31 heavy (non-hydrogen) atoms. The minimum absolute atomic E-state index is 0.0813. The van der Waals surface area contributed by atoms with E-state index in [-0.39, 0.29) is 5.43 Å². The van der Waals surface area contributed by atoms with E-state index >= 15 is 0 Å². The Kier molecular flexibility index (Phi) is 5.08. The molecule has 0 amide bonds. The number of rotatable bonds is 5. The first-order valence-corrected chi connectivity index (χ1v) is 10.4. The van der Waals surface area contributed by atoms with Crippen molar-refractivity contribution in [1.82, 2.24) is 0 Å². The third-order valence-electron chi connectivity index (χ3n) is 5.43. The molecule has 0 aliphatic carbocycles. The van der Waals surface area contributed by atoms with Crippen LogP contribution in [0.2, 0.25) is 0 Å². The van der Waals surface area contributed by atoms with Gasteiger partial charge in [0.25, 0.3) is 0 Å². The monoisotopic (exact) mass is 414 g/mol. The van der Waals surface area contributed by atoms with E-state index in [4.69, 9.17) is 18.6 Å². The standard InChI is InChI=1S/C26H22O5/c1-2-18-12-20-24(14-23(18)30-15-17-6-4-3-5-7-17)31-16-21(26(20)27)19-8-9-22-25(13-19)29-11-10-28-22/h3-9,12-14,16H,2,10-11,15H2,1H3. The lowest BCUT2D eigenvalue weighted by atomic mass is 10.0. The summed E-state index contributed by atoms with van der Waals surface area (Å²) < 4.78 is 23.1. The number of aryl methyl sites for hydroxylation is 1. The zero-order valence-electron chi connectivity index (χ0n) is 17.2. The molecule has 0 bridgehead atoms. The summed E-state index contributed by atoms with van der Waals surface area (Å²) in [5.41, 5.74) is 3.70. The van der Waals surface area contributed by atoms with Crippen molar-refractivity contribution < 1.29 is 18.6 Å². The largest absolute Gasteiger partial charge is 0.488 e. The molecule has 0 spiro atoms. The van der Waals surface area contributed by atoms with E-state index in [1.54, 1.807) is 0 Å². The molecular weight excluding hydrogens is 392 g/mol. The Balaban J connectivity index is 1.52. The van der Waals surface area contributed by atoms with E-state index in [1.807, 2.05) is 67.6 Å². The van der Waals surface area contributed by atoms with Crippen LogP contribution in [0, 0.1) is 0 Å². The summed E-state index contributed by atoms with van der Waals surface area (Å²) in [6, 6.07) is 19.2. The van der Waals surface area contributed by atoms with Gasteiger partial charge in [0.1, 0.15) is 37.4 Å². The second-order valence-corrected chi connectivity index (χ2v) is 7.42. The highest BCUT2D eigenvalue weighted by Crippen LogP contribution is 2.34. The summed E-state index contributed by atoms with van der Waals surface area (Å²) in [6.45, 7) is 3.52. The molecule has 156 valence electrons. The average molecular weight is 414 g/mol. The van der Waals surface area contributed by atoms with Crippen molar-refractivity contribution in [2.24, 2.45) is 0 Å². The van der Waals surface area contributed by atoms with Crippen LogP contribution in [0.15, 0.2) is 76.1 Å². The summed E-state index contributed by atoms with van der Waals surface area (Å²) in [5.74, 6) is 2.06. The molecule has 5 rings (SSSR count). The van der Waals surface area contributed by atoms with Gasteiger partial charge in [0.15, 0.2) is 11.5 Å². The molecule has 5 heteroatoms. The van der Waals surface area contributed by atoms with Crippen LogP contribution in [0.5, 0.6) is 17.2 Å². The first kappa shape index (κ1) is 19.2. The van der Waals surface area contributed by atoms with Crippen molar-refractivity contribution in [3.8, 4) is 28.4 Å². The lowest BCUT2D eigenvalue weighted by molar-refractivity contribution is 0.171. The minimum atomic E-state index is -0.0813. The van der Waals surface area contributed by atoms with Crippen molar-refractivity contribution >= 4 is 11.0 Å². The van der Waals surface area contributed by atoms with Gasteiger partial charge in [-0.25, -0.2) is 0 Å². The molecule has 3 aromatic carbocycles. The van der Waals surface area contributed by atoms with Gasteiger partial charge in [0, 0.05) is 6.07 Å². The molecule has 1 aromatic heterocycles. The van der Waals surface area contributed by atoms with Crippen molar-refractivity contribution in [3.05, 3.63) is 88.3 Å². The first-order valence-electron chi connectivity index (χ1n) is 10.4. The fourth-order valence-corrected chi connectivity index (χ4v) is 3.76. The SMILES string of the molecule is CCc1cc2c(=O)c(-c3ccc4c(c3)OCCO4)coc2cc1OCc1ccccc1. The first-order chi connectivity index (χ1) is 15.2. The Morgan fingerprint density at radius 3 is 2.55 bits per heavy atom. The molecular formula is C26H22O5. The molecule has 0 atom stereocenters. The Morgan fingerprint density at radius 2 is 1.74 bits per heavy atom. The van der Waals surface area contributed by atoms with E-state index in [0.29, 0.717) is 47.9 Å². The molecule has 1 aliphatic heterocycles. The maximum atomic E-state index is 13.3. The van der Waals surface area contributed by atoms with Crippen LogP contribution in [0.25, 0.3) is 22.1 Å². The summed E-state index contributed by atoms with van der Waals surface area (Å²) in [7, 11) is 0. The van der Waals surface area contributed by atoms with Crippen LogP contribution in [0.3, 0.4) is 0 Å². The van der Waals surface area contributed by atoms with Gasteiger partial charge >= 0.3 is 0 Å². The molecule has 4 aromatic rings. The van der Waals surface area contributed by atoms with Crippen LogP contribution in [-0.2, 0) is 13.0 Å². The van der Waals surface area contributed by atoms with Crippen LogP contribution >= 0.6 is 0 Å². The molecule has 0 radical (unpaired) electrons. The molecule has 0 unspecified atom stereocenters. The van der Waals surface area contributed by atoms with Crippen molar-refractivity contribution in [2.45, 2.75) is 20.0 Å². The van der Waals surface area contributed by atoms with Crippen LogP contribution in [0.4, 0.5) is 0 Å². The number of hydrogen-bond donors (Lipinski definition) is 0. The fourth-order valence-electron chi connectivity index (χ4n) is 3.76. The van der Waals surface area contributed by atoms with Crippen LogP contribution < -0.4 is 19.6 Å². The number of hydrogen-bond acceptors (Lipinski definition) is 5. The number of ether oxygens (including phenoxy) is 3. The molecule has 1 aliphatic rings. The lowest BCUT2D eigenvalue weighted by Gasteiger charge is -2.18. The second-order valence-electron chi connectivity index (χ2n) is 7.42. The number of fused-ring (bicyclic) bond motifs is 2. The molecule has 5 nitrogen and oxygen atoms in total. The fraction of sp³-hybridized carbons (Fsp3) is 0.192. The van der Waals surface area contributed by atoms with E-state index in [0.717, 1.165) is 28.9 Å². The maximum absolute atomic E-state index is 13.3. The zero-order chi connectivity index (χ0) is 21.2. The van der Waals surface area contributed by atoms with Crippen LogP contribution in [-0.4, -0.2) is 13.2 Å².